The van der Waals surface area contributed by atoms with E-state index in [9.17, 15) is 0 Å². The van der Waals surface area contributed by atoms with Gasteiger partial charge in [0, 0.05) is 27.6 Å². The van der Waals surface area contributed by atoms with Crippen LogP contribution in [0.25, 0.3) is 33.1 Å². The number of nitrogens with zero attached hydrogens (tertiary/aromatic N) is 3. The maximum atomic E-state index is 7.17. The summed E-state index contributed by atoms with van der Waals surface area (Å²) in [5.41, 5.74) is 15.2. The van der Waals surface area contributed by atoms with Crippen LogP contribution in [0, 0.1) is 6.92 Å². The van der Waals surface area contributed by atoms with Crippen molar-refractivity contribution in [2.45, 2.75) is 26.2 Å². The van der Waals surface area contributed by atoms with Gasteiger partial charge >= 0.3 is 0 Å². The van der Waals surface area contributed by atoms with E-state index in [-0.39, 0.29) is 5.41 Å². The first-order chi connectivity index (χ1) is 24.0. The molecule has 0 bridgehead atoms. The molecule has 0 spiro atoms. The van der Waals surface area contributed by atoms with E-state index >= 15 is 0 Å². The third kappa shape index (κ3) is 3.39. The van der Waals surface area contributed by atoms with Gasteiger partial charge in [-0.05, 0) is 95.4 Å². The second kappa shape index (κ2) is 9.24. The highest BCUT2D eigenvalue weighted by molar-refractivity contribution is 6.20. The summed E-state index contributed by atoms with van der Waals surface area (Å²) in [5.74, 6) is 1.56. The number of rotatable bonds is 2. The zero-order chi connectivity index (χ0) is 32.6. The third-order valence-corrected chi connectivity index (χ3v) is 10.7. The van der Waals surface area contributed by atoms with Gasteiger partial charge in [0.25, 0.3) is 0 Å². The molecule has 6 aromatic carbocycles. The van der Waals surface area contributed by atoms with E-state index in [2.05, 4.69) is 163 Å². The molecule has 5 nitrogen and oxygen atoms in total. The number of aryl methyl sites for hydroxylation is 1. The zero-order valence-corrected chi connectivity index (χ0v) is 27.4. The van der Waals surface area contributed by atoms with E-state index in [1.54, 1.807) is 0 Å². The molecule has 0 atom stereocenters. The molecule has 3 aliphatic rings. The Kier molecular flexibility index (Phi) is 5.06. The Bertz CT molecular complexity index is 2670. The van der Waals surface area contributed by atoms with Crippen molar-refractivity contribution in [1.29, 1.82) is 0 Å². The molecule has 1 aliphatic carbocycles. The van der Waals surface area contributed by atoms with Crippen LogP contribution >= 0.6 is 0 Å². The van der Waals surface area contributed by atoms with Crippen LogP contribution in [0.3, 0.4) is 0 Å². The van der Waals surface area contributed by atoms with Crippen LogP contribution in [0.5, 0.6) is 0 Å². The van der Waals surface area contributed by atoms with Gasteiger partial charge in [-0.2, -0.15) is 0 Å². The topological polar surface area (TPSA) is 36.0 Å². The molecule has 0 amide bonds. The van der Waals surface area contributed by atoms with Gasteiger partial charge in [-0.25, -0.2) is 0 Å². The van der Waals surface area contributed by atoms with Crippen molar-refractivity contribution in [2.75, 3.05) is 14.7 Å². The Labute approximate surface area is 283 Å². The molecule has 0 radical (unpaired) electrons. The molecule has 234 valence electrons. The molecule has 0 saturated carbocycles. The summed E-state index contributed by atoms with van der Waals surface area (Å²) < 4.78 is 14.0. The van der Waals surface area contributed by atoms with E-state index in [1.807, 2.05) is 6.07 Å². The number of benzene rings is 6. The predicted octanol–water partition coefficient (Wildman–Crippen LogP) is 12.8. The molecule has 49 heavy (non-hydrogen) atoms. The van der Waals surface area contributed by atoms with Crippen molar-refractivity contribution in [3.8, 4) is 11.1 Å². The van der Waals surface area contributed by atoms with Gasteiger partial charge in [0.15, 0.2) is 0 Å². The molecule has 0 N–H and O–H groups in total. The second-order valence-electron chi connectivity index (χ2n) is 13.9. The van der Waals surface area contributed by atoms with Gasteiger partial charge in [-0.3, -0.25) is 9.80 Å². The molecular formula is C44H31N3O2. The molecule has 4 heterocycles. The molecule has 11 rings (SSSR count). The largest absolute Gasteiger partial charge is 0.437 e. The minimum atomic E-state index is -0.145. The average molecular weight is 634 g/mol. The smallest absolute Gasteiger partial charge is 0.230 e. The number of para-hydroxylation sites is 3. The van der Waals surface area contributed by atoms with Crippen LogP contribution in [0.4, 0.5) is 51.6 Å². The maximum absolute atomic E-state index is 7.17. The summed E-state index contributed by atoms with van der Waals surface area (Å²) in [5, 5.41) is 2.12. The molecule has 5 heteroatoms. The van der Waals surface area contributed by atoms with E-state index < -0.39 is 0 Å². The van der Waals surface area contributed by atoms with Crippen molar-refractivity contribution in [3.63, 3.8) is 0 Å². The molecule has 2 aliphatic heterocycles. The lowest BCUT2D eigenvalue weighted by atomic mass is 9.82. The Morgan fingerprint density at radius 2 is 1.06 bits per heavy atom. The minimum Gasteiger partial charge on any atom is -0.437 e. The van der Waals surface area contributed by atoms with Gasteiger partial charge in [0.1, 0.15) is 22.5 Å². The quantitative estimate of drug-likeness (QED) is 0.189. The Morgan fingerprint density at radius 3 is 1.84 bits per heavy atom. The number of hydrogen-bond acceptors (Lipinski definition) is 5. The monoisotopic (exact) mass is 633 g/mol. The summed E-state index contributed by atoms with van der Waals surface area (Å²) in [4.78, 5) is 6.99. The lowest BCUT2D eigenvalue weighted by molar-refractivity contribution is 0.605. The summed E-state index contributed by atoms with van der Waals surface area (Å²) in [7, 11) is 0. The van der Waals surface area contributed by atoms with Gasteiger partial charge in [-0.1, -0.05) is 86.6 Å². The van der Waals surface area contributed by atoms with Gasteiger partial charge < -0.3 is 13.7 Å². The number of fused-ring (bicyclic) bond motifs is 11. The fourth-order valence-electron chi connectivity index (χ4n) is 8.55. The van der Waals surface area contributed by atoms with E-state index in [0.29, 0.717) is 0 Å². The lowest BCUT2D eigenvalue weighted by Gasteiger charge is -2.43. The van der Waals surface area contributed by atoms with Crippen LogP contribution in [-0.2, 0) is 5.41 Å². The first-order valence-electron chi connectivity index (χ1n) is 16.9. The van der Waals surface area contributed by atoms with Gasteiger partial charge in [-0.15, -0.1) is 0 Å². The number of furan rings is 2. The Hall–Kier alpha value is -6.20. The summed E-state index contributed by atoms with van der Waals surface area (Å²) in [6.45, 7) is 6.85. The van der Waals surface area contributed by atoms with Crippen molar-refractivity contribution in [2.24, 2.45) is 0 Å². The fourth-order valence-corrected chi connectivity index (χ4v) is 8.55. The Morgan fingerprint density at radius 1 is 0.469 bits per heavy atom. The van der Waals surface area contributed by atoms with Gasteiger partial charge in [0.2, 0.25) is 11.8 Å². The van der Waals surface area contributed by atoms with Crippen LogP contribution < -0.4 is 14.7 Å². The maximum Gasteiger partial charge on any atom is 0.230 e. The number of anilines is 9. The molecule has 0 fully saturated rings. The molecule has 2 aromatic heterocycles. The average Bonchev–Trinajstić information content (AvgIpc) is 3.76. The van der Waals surface area contributed by atoms with E-state index in [4.69, 9.17) is 8.83 Å². The van der Waals surface area contributed by atoms with Crippen molar-refractivity contribution in [1.82, 2.24) is 0 Å². The molecule has 0 saturated heterocycles. The highest BCUT2D eigenvalue weighted by Crippen LogP contribution is 2.67. The van der Waals surface area contributed by atoms with Crippen molar-refractivity contribution in [3.05, 3.63) is 150 Å². The zero-order valence-electron chi connectivity index (χ0n) is 27.4. The SMILES string of the molecule is Cc1cc2c3c(c1)N(c1ccccc1)c1c(oc4cc5c(cc14)C(C)(C)c1ccccc1-5)N3c1c(oc3ccccc13)N2c1ccccc1. The normalized spacial score (nSPS) is 14.9. The summed E-state index contributed by atoms with van der Waals surface area (Å²) in [6.07, 6.45) is 0. The summed E-state index contributed by atoms with van der Waals surface area (Å²) >= 11 is 0. The van der Waals surface area contributed by atoms with E-state index in [0.717, 1.165) is 79.1 Å². The van der Waals surface area contributed by atoms with E-state index in [1.165, 1.54) is 22.3 Å². The highest BCUT2D eigenvalue weighted by atomic mass is 16.4. The second-order valence-corrected chi connectivity index (χ2v) is 13.9. The molecular weight excluding hydrogens is 603 g/mol. The van der Waals surface area contributed by atoms with Crippen molar-refractivity contribution >= 4 is 73.5 Å². The van der Waals surface area contributed by atoms with Crippen LogP contribution in [-0.4, -0.2) is 0 Å². The Balaban J connectivity index is 1.29. The van der Waals surface area contributed by atoms with Crippen LogP contribution in [0.1, 0.15) is 30.5 Å². The minimum absolute atomic E-state index is 0.145. The third-order valence-electron chi connectivity index (χ3n) is 10.7. The molecule has 8 aromatic rings. The van der Waals surface area contributed by atoms with Crippen LogP contribution in [0.15, 0.2) is 142 Å². The first kappa shape index (κ1) is 26.8. The predicted molar refractivity (Wildman–Crippen MR) is 199 cm³/mol. The van der Waals surface area contributed by atoms with Crippen molar-refractivity contribution < 1.29 is 8.83 Å². The lowest BCUT2D eigenvalue weighted by Crippen LogP contribution is -2.29. The van der Waals surface area contributed by atoms with Crippen LogP contribution in [0.2, 0.25) is 0 Å². The van der Waals surface area contributed by atoms with Gasteiger partial charge in [0.05, 0.1) is 17.1 Å². The summed E-state index contributed by atoms with van der Waals surface area (Å²) in [6, 6.07) is 47.5. The molecule has 0 unspecified atom stereocenters. The fraction of sp³-hybridized carbons (Fsp3) is 0.0909. The number of hydrogen-bond donors (Lipinski definition) is 0. The standard InChI is InChI=1S/C44H31N3O2/c1-26-22-35-41-36(23-26)46(28-16-8-5-9-17-28)42-39(30-19-11-13-21-37(30)48-42)47(41)43-40(45(35)27-14-6-4-7-15-27)32-24-34-31(25-38(32)49-43)29-18-10-12-20-33(29)44(34,2)3/h4-25H,1-3H3. The first-order valence-corrected chi connectivity index (χ1v) is 16.9. The highest BCUT2D eigenvalue weighted by Gasteiger charge is 2.46.